The highest BCUT2D eigenvalue weighted by Gasteiger charge is 2.32. The van der Waals surface area contributed by atoms with E-state index in [0.29, 0.717) is 11.1 Å². The zero-order valence-electron chi connectivity index (χ0n) is 21.8. The molecule has 6 rings (SSSR count). The predicted molar refractivity (Wildman–Crippen MR) is 149 cm³/mol. The van der Waals surface area contributed by atoms with E-state index in [1.54, 1.807) is 0 Å². The molecule has 0 radical (unpaired) electrons. The quantitative estimate of drug-likeness (QED) is 0.132. The normalized spacial score (nSPS) is 15.7. The summed E-state index contributed by atoms with van der Waals surface area (Å²) in [7, 11) is 0. The number of hydrogen-bond donors (Lipinski definition) is 10. The van der Waals surface area contributed by atoms with Gasteiger partial charge in [-0.2, -0.15) is 0 Å². The average molecular weight is 593 g/mol. The number of aliphatic hydroxyl groups excluding tert-OH is 1. The fourth-order valence-electron chi connectivity index (χ4n) is 4.60. The topological polar surface area (TPSA) is 242 Å². The van der Waals surface area contributed by atoms with Crippen molar-refractivity contribution in [1.82, 2.24) is 0 Å². The van der Waals surface area contributed by atoms with Crippen molar-refractivity contribution in [1.29, 1.82) is 0 Å². The van der Waals surface area contributed by atoms with E-state index in [-0.39, 0.29) is 69.0 Å². The minimum atomic E-state index is -0.933. The van der Waals surface area contributed by atoms with Crippen molar-refractivity contribution >= 4 is 11.0 Å². The molecule has 2 heterocycles. The summed E-state index contributed by atoms with van der Waals surface area (Å²) in [5.41, 5.74) is 0.00430. The molecule has 2 atom stereocenters. The van der Waals surface area contributed by atoms with Crippen LogP contribution in [0.5, 0.6) is 57.5 Å². The van der Waals surface area contributed by atoms with Gasteiger partial charge in [-0.25, -0.2) is 0 Å². The first-order valence-electron chi connectivity index (χ1n) is 12.5. The molecule has 1 aliphatic rings. The second-order valence-corrected chi connectivity index (χ2v) is 9.65. The Balaban J connectivity index is 0.000000171. The van der Waals surface area contributed by atoms with Crippen molar-refractivity contribution in [3.63, 3.8) is 0 Å². The molecule has 0 amide bonds. The maximum atomic E-state index is 12.1. The molecule has 0 aliphatic carbocycles. The van der Waals surface area contributed by atoms with E-state index in [1.165, 1.54) is 36.4 Å². The lowest BCUT2D eigenvalue weighted by atomic mass is 9.94. The molecule has 1 aliphatic heterocycles. The number of hydrogen-bond acceptors (Lipinski definition) is 13. The predicted octanol–water partition coefficient (Wildman–Crippen LogP) is 3.53. The first kappa shape index (κ1) is 28.6. The standard InChI is InChI=1S/C15H10O7.C15H14O6/c16-7-4-10(19)12-11(5-7)22-15(14(21)13(12)20)6-1-2-8(17)9(18)3-6;16-8-4-11(18)9-6-13(20)15(21-14(9)5-8)7-1-2-10(17)12(19)3-7/h1-5,16-19,21H;1-5,13,15-20H,6H2. The summed E-state index contributed by atoms with van der Waals surface area (Å²) >= 11 is 0. The molecule has 0 spiro atoms. The number of ether oxygens (including phenoxy) is 1. The van der Waals surface area contributed by atoms with Crippen LogP contribution < -0.4 is 10.2 Å². The van der Waals surface area contributed by atoms with Crippen molar-refractivity contribution < 1.29 is 60.2 Å². The molecule has 10 N–H and O–H groups in total. The van der Waals surface area contributed by atoms with Crippen molar-refractivity contribution in [2.45, 2.75) is 18.6 Å². The third-order valence-corrected chi connectivity index (χ3v) is 6.69. The number of aliphatic hydroxyl groups is 1. The molecule has 4 aromatic carbocycles. The monoisotopic (exact) mass is 592 g/mol. The van der Waals surface area contributed by atoms with Crippen molar-refractivity contribution in [2.24, 2.45) is 0 Å². The van der Waals surface area contributed by atoms with Gasteiger partial charge in [-0.3, -0.25) is 4.79 Å². The molecular weight excluding hydrogens is 568 g/mol. The van der Waals surface area contributed by atoms with Crippen molar-refractivity contribution in [3.05, 3.63) is 82.0 Å². The Labute approximate surface area is 240 Å². The molecular formula is C30H24O13. The van der Waals surface area contributed by atoms with E-state index in [4.69, 9.17) is 9.15 Å². The maximum absolute atomic E-state index is 12.1. The average Bonchev–Trinajstić information content (AvgIpc) is 2.94. The Morgan fingerprint density at radius 2 is 1.28 bits per heavy atom. The molecule has 2 unspecified atom stereocenters. The van der Waals surface area contributed by atoms with E-state index in [2.05, 4.69) is 0 Å². The van der Waals surface area contributed by atoms with Gasteiger partial charge in [-0.05, 0) is 35.9 Å². The van der Waals surface area contributed by atoms with E-state index >= 15 is 0 Å². The minimum absolute atomic E-state index is 0.134. The Hall–Kier alpha value is -5.95. The summed E-state index contributed by atoms with van der Waals surface area (Å²) in [5, 5.41) is 95.9. The largest absolute Gasteiger partial charge is 0.508 e. The van der Waals surface area contributed by atoms with E-state index in [1.807, 2.05) is 0 Å². The third-order valence-electron chi connectivity index (χ3n) is 6.69. The fraction of sp³-hybridized carbons (Fsp3) is 0.100. The van der Waals surface area contributed by atoms with Crippen molar-refractivity contribution in [3.8, 4) is 68.8 Å². The van der Waals surface area contributed by atoms with Gasteiger partial charge in [0.1, 0.15) is 45.8 Å². The molecule has 222 valence electrons. The highest BCUT2D eigenvalue weighted by Crippen LogP contribution is 2.43. The number of phenols is 8. The summed E-state index contributed by atoms with van der Waals surface area (Å²) in [6.45, 7) is 0. The molecule has 1 aromatic heterocycles. The molecule has 0 fully saturated rings. The lowest BCUT2D eigenvalue weighted by Crippen LogP contribution is -2.30. The SMILES string of the molecule is O=c1c(O)c(-c2ccc(O)c(O)c2)oc2cc(O)cc(O)c12.Oc1cc(O)c2c(c1)OC(c1ccc(O)c(O)c1)C(O)C2. The van der Waals surface area contributed by atoms with Gasteiger partial charge in [0.15, 0.2) is 28.8 Å². The summed E-state index contributed by atoms with van der Waals surface area (Å²) in [5.74, 6) is -3.30. The number of rotatable bonds is 2. The zero-order valence-corrected chi connectivity index (χ0v) is 21.8. The molecule has 0 saturated carbocycles. The Bertz CT molecular complexity index is 1930. The van der Waals surface area contributed by atoms with Gasteiger partial charge < -0.3 is 60.2 Å². The van der Waals surface area contributed by atoms with Gasteiger partial charge >= 0.3 is 0 Å². The molecule has 43 heavy (non-hydrogen) atoms. The first-order valence-corrected chi connectivity index (χ1v) is 12.5. The van der Waals surface area contributed by atoms with Crippen LogP contribution >= 0.6 is 0 Å². The van der Waals surface area contributed by atoms with Crippen LogP contribution in [0.3, 0.4) is 0 Å². The van der Waals surface area contributed by atoms with Gasteiger partial charge in [-0.15, -0.1) is 0 Å². The summed E-state index contributed by atoms with van der Waals surface area (Å²) < 4.78 is 11.0. The third kappa shape index (κ3) is 5.39. The second kappa shape index (κ2) is 10.8. The van der Waals surface area contributed by atoms with Crippen LogP contribution in [0.1, 0.15) is 17.2 Å². The minimum Gasteiger partial charge on any atom is -0.508 e. The van der Waals surface area contributed by atoms with Crippen LogP contribution in [0.25, 0.3) is 22.3 Å². The van der Waals surface area contributed by atoms with Gasteiger partial charge in [0.05, 0.1) is 6.10 Å². The summed E-state index contributed by atoms with van der Waals surface area (Å²) in [6.07, 6.45) is -1.56. The first-order chi connectivity index (χ1) is 20.3. The van der Waals surface area contributed by atoms with Crippen LogP contribution in [-0.4, -0.2) is 57.2 Å². The van der Waals surface area contributed by atoms with Crippen LogP contribution in [0, 0.1) is 0 Å². The number of fused-ring (bicyclic) bond motifs is 2. The van der Waals surface area contributed by atoms with Crippen LogP contribution in [0.15, 0.2) is 69.9 Å². The maximum Gasteiger partial charge on any atom is 0.238 e. The van der Waals surface area contributed by atoms with E-state index in [9.17, 15) is 55.9 Å². The van der Waals surface area contributed by atoms with Gasteiger partial charge in [0.2, 0.25) is 11.2 Å². The molecule has 5 aromatic rings. The Morgan fingerprint density at radius 3 is 1.95 bits per heavy atom. The van der Waals surface area contributed by atoms with Crippen LogP contribution in [-0.2, 0) is 6.42 Å². The fourth-order valence-corrected chi connectivity index (χ4v) is 4.60. The number of aromatic hydroxyl groups is 9. The molecule has 0 bridgehead atoms. The lowest BCUT2D eigenvalue weighted by Gasteiger charge is -2.31. The van der Waals surface area contributed by atoms with Crippen molar-refractivity contribution in [2.75, 3.05) is 0 Å². The summed E-state index contributed by atoms with van der Waals surface area (Å²) in [4.78, 5) is 12.1. The lowest BCUT2D eigenvalue weighted by molar-refractivity contribution is 0.0197. The highest BCUT2D eigenvalue weighted by molar-refractivity contribution is 5.88. The summed E-state index contributed by atoms with van der Waals surface area (Å²) in [6, 6.07) is 12.3. The Kier molecular flexibility index (Phi) is 7.17. The molecule has 13 heteroatoms. The molecule has 13 nitrogen and oxygen atoms in total. The zero-order chi connectivity index (χ0) is 31.2. The Morgan fingerprint density at radius 1 is 0.651 bits per heavy atom. The van der Waals surface area contributed by atoms with Gasteiger partial charge in [0, 0.05) is 41.8 Å². The van der Waals surface area contributed by atoms with E-state index in [0.717, 1.165) is 24.3 Å². The second-order valence-electron chi connectivity index (χ2n) is 9.65. The highest BCUT2D eigenvalue weighted by atomic mass is 16.5. The molecule has 0 saturated heterocycles. The van der Waals surface area contributed by atoms with Crippen LogP contribution in [0.2, 0.25) is 0 Å². The van der Waals surface area contributed by atoms with Gasteiger partial charge in [0.25, 0.3) is 0 Å². The van der Waals surface area contributed by atoms with Gasteiger partial charge in [-0.1, -0.05) is 6.07 Å². The number of phenolic OH excluding ortho intramolecular Hbond substituents is 8. The van der Waals surface area contributed by atoms with E-state index < -0.39 is 34.9 Å². The smallest absolute Gasteiger partial charge is 0.238 e. The number of benzene rings is 4. The van der Waals surface area contributed by atoms with Crippen LogP contribution in [0.4, 0.5) is 0 Å².